The second-order valence-corrected chi connectivity index (χ2v) is 10.2. The monoisotopic (exact) mass is 502 g/mol. The number of ether oxygens (including phenoxy) is 1. The Morgan fingerprint density at radius 1 is 1.19 bits per heavy atom. The van der Waals surface area contributed by atoms with Crippen molar-refractivity contribution in [2.24, 2.45) is 5.92 Å². The van der Waals surface area contributed by atoms with Crippen molar-refractivity contribution in [3.05, 3.63) is 71.2 Å². The number of carbonyl (C=O) groups is 2. The molecule has 2 amide bonds. The van der Waals surface area contributed by atoms with Crippen molar-refractivity contribution in [3.63, 3.8) is 0 Å². The standard InChI is InChI=1S/C29H31FN4O3/c1-5-34-26-23(21-9-11-37-16-24(21)28(34)36)12-19(15-32-26)22-14-20(7-6-17(22)2)33-27(35)18-8-10-31-25(13-18)29(3,4)30/h6-8,10,12-15,21,24H,5,9,11,16H2,1-4H3,(H,33,35)/t21-,24+/m0/s1. The fraction of sp³-hybridized carbons (Fsp3) is 0.379. The summed E-state index contributed by atoms with van der Waals surface area (Å²) < 4.78 is 20.0. The summed E-state index contributed by atoms with van der Waals surface area (Å²) in [5.74, 6) is 0.357. The highest BCUT2D eigenvalue weighted by Crippen LogP contribution is 2.44. The van der Waals surface area contributed by atoms with E-state index in [0.29, 0.717) is 31.0 Å². The van der Waals surface area contributed by atoms with Gasteiger partial charge in [0.25, 0.3) is 5.91 Å². The molecule has 7 nitrogen and oxygen atoms in total. The number of anilines is 2. The first kappa shape index (κ1) is 25.0. The minimum absolute atomic E-state index is 0.0790. The summed E-state index contributed by atoms with van der Waals surface area (Å²) in [4.78, 5) is 36.5. The van der Waals surface area contributed by atoms with Gasteiger partial charge in [-0.2, -0.15) is 0 Å². The number of aromatic nitrogens is 2. The summed E-state index contributed by atoms with van der Waals surface area (Å²) in [6.07, 6.45) is 4.02. The van der Waals surface area contributed by atoms with Gasteiger partial charge in [-0.1, -0.05) is 6.07 Å². The van der Waals surface area contributed by atoms with Crippen LogP contribution < -0.4 is 10.2 Å². The molecule has 1 fully saturated rings. The predicted molar refractivity (Wildman–Crippen MR) is 140 cm³/mol. The Morgan fingerprint density at radius 2 is 2.00 bits per heavy atom. The quantitative estimate of drug-likeness (QED) is 0.505. The van der Waals surface area contributed by atoms with E-state index in [1.54, 1.807) is 17.2 Å². The molecule has 1 saturated heterocycles. The molecule has 0 bridgehead atoms. The van der Waals surface area contributed by atoms with E-state index < -0.39 is 5.67 Å². The van der Waals surface area contributed by atoms with E-state index in [0.717, 1.165) is 34.5 Å². The van der Waals surface area contributed by atoms with Crippen LogP contribution in [0.2, 0.25) is 0 Å². The van der Waals surface area contributed by atoms with Crippen LogP contribution in [0.15, 0.2) is 48.8 Å². The number of halogens is 1. The van der Waals surface area contributed by atoms with Gasteiger partial charge in [0.05, 0.1) is 18.2 Å². The van der Waals surface area contributed by atoms with Crippen LogP contribution in [0.1, 0.15) is 60.3 Å². The normalized spacial score (nSPS) is 19.3. The van der Waals surface area contributed by atoms with E-state index in [2.05, 4.69) is 16.4 Å². The molecule has 0 saturated carbocycles. The van der Waals surface area contributed by atoms with Crippen LogP contribution in [0.25, 0.3) is 11.1 Å². The van der Waals surface area contributed by atoms with Gasteiger partial charge in [0.15, 0.2) is 0 Å². The molecule has 2 aromatic heterocycles. The Balaban J connectivity index is 1.47. The Morgan fingerprint density at radius 3 is 2.76 bits per heavy atom. The lowest BCUT2D eigenvalue weighted by atomic mass is 9.78. The van der Waals surface area contributed by atoms with E-state index in [4.69, 9.17) is 9.72 Å². The zero-order valence-electron chi connectivity index (χ0n) is 21.5. The van der Waals surface area contributed by atoms with Crippen molar-refractivity contribution in [2.75, 3.05) is 30.0 Å². The zero-order chi connectivity index (χ0) is 26.3. The fourth-order valence-electron chi connectivity index (χ4n) is 5.19. The maximum Gasteiger partial charge on any atom is 0.255 e. The number of pyridine rings is 2. The van der Waals surface area contributed by atoms with Gasteiger partial charge in [-0.15, -0.1) is 0 Å². The van der Waals surface area contributed by atoms with Crippen molar-refractivity contribution in [1.82, 2.24) is 9.97 Å². The molecule has 192 valence electrons. The first-order valence-corrected chi connectivity index (χ1v) is 12.6. The first-order valence-electron chi connectivity index (χ1n) is 12.6. The van der Waals surface area contributed by atoms with E-state index in [9.17, 15) is 14.0 Å². The van der Waals surface area contributed by atoms with Gasteiger partial charge in [0.1, 0.15) is 11.5 Å². The number of rotatable bonds is 5. The summed E-state index contributed by atoms with van der Waals surface area (Å²) in [7, 11) is 0. The second kappa shape index (κ2) is 9.67. The summed E-state index contributed by atoms with van der Waals surface area (Å²) >= 11 is 0. The van der Waals surface area contributed by atoms with Gasteiger partial charge in [0.2, 0.25) is 5.91 Å². The van der Waals surface area contributed by atoms with E-state index in [1.807, 2.05) is 32.0 Å². The third kappa shape index (κ3) is 4.73. The average Bonchev–Trinajstić information content (AvgIpc) is 2.89. The summed E-state index contributed by atoms with van der Waals surface area (Å²) in [5, 5.41) is 2.92. The van der Waals surface area contributed by atoms with E-state index in [-0.39, 0.29) is 29.3 Å². The van der Waals surface area contributed by atoms with Crippen molar-refractivity contribution in [1.29, 1.82) is 0 Å². The number of aryl methyl sites for hydroxylation is 1. The van der Waals surface area contributed by atoms with Gasteiger partial charge >= 0.3 is 0 Å². The van der Waals surface area contributed by atoms with Crippen LogP contribution in [0, 0.1) is 12.8 Å². The molecular weight excluding hydrogens is 471 g/mol. The molecule has 0 unspecified atom stereocenters. The van der Waals surface area contributed by atoms with Crippen molar-refractivity contribution < 1.29 is 18.7 Å². The van der Waals surface area contributed by atoms with Crippen LogP contribution >= 0.6 is 0 Å². The van der Waals surface area contributed by atoms with E-state index in [1.165, 1.54) is 26.1 Å². The molecule has 2 aliphatic heterocycles. The minimum atomic E-state index is -1.64. The molecule has 3 aromatic rings. The van der Waals surface area contributed by atoms with Gasteiger partial charge in [-0.25, -0.2) is 9.37 Å². The Kier molecular flexibility index (Phi) is 6.54. The van der Waals surface area contributed by atoms with Crippen molar-refractivity contribution >= 4 is 23.3 Å². The maximum atomic E-state index is 14.3. The van der Waals surface area contributed by atoms with Crippen LogP contribution in [0.4, 0.5) is 15.9 Å². The number of nitrogens with zero attached hydrogens (tertiary/aromatic N) is 3. The smallest absolute Gasteiger partial charge is 0.255 e. The van der Waals surface area contributed by atoms with Gasteiger partial charge in [-0.3, -0.25) is 19.5 Å². The summed E-state index contributed by atoms with van der Waals surface area (Å²) in [6.45, 7) is 8.40. The number of hydrogen-bond acceptors (Lipinski definition) is 5. The Labute approximate surface area is 216 Å². The molecule has 4 heterocycles. The molecule has 1 N–H and O–H groups in total. The topological polar surface area (TPSA) is 84.4 Å². The lowest BCUT2D eigenvalue weighted by Crippen LogP contribution is -2.47. The van der Waals surface area contributed by atoms with E-state index >= 15 is 0 Å². The molecule has 2 atom stereocenters. The number of amides is 2. The molecule has 0 aliphatic carbocycles. The molecule has 0 spiro atoms. The summed E-state index contributed by atoms with van der Waals surface area (Å²) in [5.41, 5.74) is 3.49. The lowest BCUT2D eigenvalue weighted by Gasteiger charge is -2.40. The SMILES string of the molecule is CCN1C(=O)[C@@H]2COCC[C@H]2c2cc(-c3cc(NC(=O)c4ccnc(C(C)(C)F)c4)ccc3C)cnc21. The number of carbonyl (C=O) groups excluding carboxylic acids is 2. The van der Waals surface area contributed by atoms with Crippen LogP contribution in [-0.2, 0) is 15.2 Å². The maximum absolute atomic E-state index is 14.3. The molecule has 0 radical (unpaired) electrons. The Bertz CT molecular complexity index is 1370. The van der Waals surface area contributed by atoms with Crippen LogP contribution in [-0.4, -0.2) is 41.5 Å². The number of fused-ring (bicyclic) bond motifs is 3. The fourth-order valence-corrected chi connectivity index (χ4v) is 5.19. The highest BCUT2D eigenvalue weighted by molar-refractivity contribution is 6.04. The molecular formula is C29H31FN4O3. The van der Waals surface area contributed by atoms with Crippen LogP contribution in [0.3, 0.4) is 0 Å². The first-order chi connectivity index (χ1) is 17.7. The van der Waals surface area contributed by atoms with Crippen molar-refractivity contribution in [2.45, 2.75) is 45.7 Å². The molecule has 8 heteroatoms. The Hall–Kier alpha value is -3.65. The second-order valence-electron chi connectivity index (χ2n) is 10.2. The highest BCUT2D eigenvalue weighted by Gasteiger charge is 2.42. The number of benzene rings is 1. The largest absolute Gasteiger partial charge is 0.381 e. The number of alkyl halides is 1. The number of nitrogens with one attached hydrogen (secondary N) is 1. The summed E-state index contributed by atoms with van der Waals surface area (Å²) in [6, 6.07) is 10.9. The molecule has 37 heavy (non-hydrogen) atoms. The third-order valence-corrected chi connectivity index (χ3v) is 7.24. The van der Waals surface area contributed by atoms with Gasteiger partial charge in [-0.05, 0) is 81.1 Å². The van der Waals surface area contributed by atoms with Gasteiger partial charge < -0.3 is 10.1 Å². The average molecular weight is 503 g/mol. The highest BCUT2D eigenvalue weighted by atomic mass is 19.1. The zero-order valence-corrected chi connectivity index (χ0v) is 21.5. The molecule has 5 rings (SSSR count). The van der Waals surface area contributed by atoms with Crippen LogP contribution in [0.5, 0.6) is 0 Å². The van der Waals surface area contributed by atoms with Gasteiger partial charge in [0, 0.05) is 48.3 Å². The predicted octanol–water partition coefficient (Wildman–Crippen LogP) is 5.40. The minimum Gasteiger partial charge on any atom is -0.381 e. The lowest BCUT2D eigenvalue weighted by molar-refractivity contribution is -0.128. The molecule has 2 aliphatic rings. The third-order valence-electron chi connectivity index (χ3n) is 7.24. The number of hydrogen-bond donors (Lipinski definition) is 1. The molecule has 1 aromatic carbocycles. The van der Waals surface area contributed by atoms with Crippen molar-refractivity contribution in [3.8, 4) is 11.1 Å².